The van der Waals surface area contributed by atoms with Crippen LogP contribution in [0.5, 0.6) is 0 Å². The van der Waals surface area contributed by atoms with Gasteiger partial charge in [-0.1, -0.05) is 162 Å². The van der Waals surface area contributed by atoms with Crippen molar-refractivity contribution in [3.8, 4) is 34.4 Å². The SMILES string of the molecule is N=C(C(/N=N/c1ccccc1Cl)=C(/N)Nc1nc(-n2nc(-c3ccccc3)c(/N=N/c3ccccc3Cl)c2N)nc(-n2nc(-c3ccccc3)c(/N=N/c3ccccc3Cl)c2N)n1)c1ccccc1. The average molecular weight is 970 g/mol. The molecule has 0 aliphatic carbocycles. The Morgan fingerprint density at radius 3 is 1.32 bits per heavy atom. The lowest BCUT2D eigenvalue weighted by molar-refractivity contribution is 0.757. The van der Waals surface area contributed by atoms with Crippen LogP contribution >= 0.6 is 34.8 Å². The summed E-state index contributed by atoms with van der Waals surface area (Å²) in [6.45, 7) is 0. The Balaban J connectivity index is 1.25. The Morgan fingerprint density at radius 2 is 0.884 bits per heavy atom. The summed E-state index contributed by atoms with van der Waals surface area (Å²) in [7, 11) is 0. The van der Waals surface area contributed by atoms with E-state index in [4.69, 9.17) is 77.2 Å². The monoisotopic (exact) mass is 968 g/mol. The van der Waals surface area contributed by atoms with Crippen LogP contribution in [-0.4, -0.2) is 40.2 Å². The molecule has 0 radical (unpaired) electrons. The van der Waals surface area contributed by atoms with Gasteiger partial charge >= 0.3 is 0 Å². The molecule has 0 saturated carbocycles. The number of nitrogens with two attached hydrogens (primary N) is 3. The topological polar surface area (TPSA) is 262 Å². The molecule has 0 saturated heterocycles. The first kappa shape index (κ1) is 45.2. The standard InChI is InChI=1S/C48H35Cl3N18/c49-31-22-10-13-25-34(31)60-63-40(37(52)28-16-4-1-5-17-28)43(53)56-46-57-47(68-44(54)41(38(66-68)29-18-6-2-7-19-29)64-61-35-26-14-11-23-32(35)50)59-48(58-46)69-45(55)42(39(67-69)30-20-8-3-9-21-30)65-62-36-27-15-12-24-33(36)51/h1-27,52H,53-55H2,(H,56,57,58,59)/b43-40+,52-37?,63-60+,64-61+,65-62+. The second kappa shape index (κ2) is 20.3. The summed E-state index contributed by atoms with van der Waals surface area (Å²) in [5, 5.41) is 49.7. The third-order valence-electron chi connectivity index (χ3n) is 10.0. The smallest absolute Gasteiger partial charge is 0.259 e. The van der Waals surface area contributed by atoms with Gasteiger partial charge in [0.15, 0.2) is 28.7 Å². The van der Waals surface area contributed by atoms with Gasteiger partial charge in [0.05, 0.1) is 20.8 Å². The largest absolute Gasteiger partial charge is 0.383 e. The quantitative estimate of drug-likeness (QED) is 0.0512. The molecule has 3 aromatic heterocycles. The first-order valence-corrected chi connectivity index (χ1v) is 21.8. The van der Waals surface area contributed by atoms with E-state index < -0.39 is 0 Å². The minimum absolute atomic E-state index is 0.0102. The third-order valence-corrected chi connectivity index (χ3v) is 11.0. The highest BCUT2D eigenvalue weighted by Crippen LogP contribution is 2.40. The first-order valence-electron chi connectivity index (χ1n) is 20.7. The van der Waals surface area contributed by atoms with E-state index in [-0.39, 0.29) is 58.1 Å². The number of benzene rings is 6. The van der Waals surface area contributed by atoms with Crippen LogP contribution in [0.4, 0.5) is 46.0 Å². The second-order valence-corrected chi connectivity index (χ2v) is 15.8. The van der Waals surface area contributed by atoms with E-state index in [0.29, 0.717) is 60.2 Å². The molecule has 8 N–H and O–H groups in total. The molecular formula is C48H35Cl3N18. The lowest BCUT2D eigenvalue weighted by Crippen LogP contribution is -2.20. The van der Waals surface area contributed by atoms with Crippen molar-refractivity contribution >= 4 is 86.5 Å². The molecule has 6 aromatic carbocycles. The van der Waals surface area contributed by atoms with E-state index in [1.54, 1.807) is 97.1 Å². The number of rotatable bonds is 14. The molecule has 0 spiro atoms. The fraction of sp³-hybridized carbons (Fsp3) is 0. The summed E-state index contributed by atoms with van der Waals surface area (Å²) in [6, 6.07) is 48.1. The van der Waals surface area contributed by atoms with Crippen molar-refractivity contribution in [2.24, 2.45) is 36.4 Å². The molecule has 0 bridgehead atoms. The zero-order valence-corrected chi connectivity index (χ0v) is 38.0. The van der Waals surface area contributed by atoms with Gasteiger partial charge in [-0.05, 0) is 36.4 Å². The van der Waals surface area contributed by atoms with Crippen molar-refractivity contribution in [2.75, 3.05) is 16.8 Å². The van der Waals surface area contributed by atoms with Crippen LogP contribution in [0.2, 0.25) is 15.1 Å². The van der Waals surface area contributed by atoms with Crippen LogP contribution in [0.1, 0.15) is 5.56 Å². The minimum Gasteiger partial charge on any atom is -0.383 e. The van der Waals surface area contributed by atoms with Gasteiger partial charge in [0.1, 0.15) is 34.3 Å². The summed E-state index contributed by atoms with van der Waals surface area (Å²) in [5.41, 5.74) is 24.5. The molecule has 0 aliphatic heterocycles. The highest BCUT2D eigenvalue weighted by molar-refractivity contribution is 6.33. The highest BCUT2D eigenvalue weighted by Gasteiger charge is 2.26. The molecule has 3 heterocycles. The Morgan fingerprint density at radius 1 is 0.493 bits per heavy atom. The average Bonchev–Trinajstić information content (AvgIpc) is 3.89. The Kier molecular flexibility index (Phi) is 13.3. The van der Waals surface area contributed by atoms with Gasteiger partial charge in [-0.3, -0.25) is 5.41 Å². The van der Waals surface area contributed by atoms with Crippen LogP contribution in [-0.2, 0) is 0 Å². The highest BCUT2D eigenvalue weighted by atomic mass is 35.5. The lowest BCUT2D eigenvalue weighted by Gasteiger charge is -2.13. The molecule has 338 valence electrons. The van der Waals surface area contributed by atoms with Gasteiger partial charge in [0, 0.05) is 16.7 Å². The van der Waals surface area contributed by atoms with Gasteiger partial charge in [-0.15, -0.1) is 30.7 Å². The van der Waals surface area contributed by atoms with Crippen LogP contribution in [0.25, 0.3) is 34.4 Å². The van der Waals surface area contributed by atoms with Crippen LogP contribution < -0.4 is 22.5 Å². The zero-order valence-electron chi connectivity index (χ0n) is 35.8. The maximum Gasteiger partial charge on any atom is 0.259 e. The Labute approximate surface area is 408 Å². The van der Waals surface area contributed by atoms with Crippen LogP contribution in [0, 0.1) is 5.41 Å². The minimum atomic E-state index is -0.178. The number of hydrogen-bond acceptors (Lipinski definition) is 16. The van der Waals surface area contributed by atoms with Crippen LogP contribution in [0.15, 0.2) is 206 Å². The summed E-state index contributed by atoms with van der Waals surface area (Å²) in [4.78, 5) is 14.3. The molecule has 9 rings (SSSR count). The maximum atomic E-state index is 9.22. The molecule has 0 amide bonds. The Bertz CT molecular complexity index is 3300. The molecule has 0 aliphatic rings. The number of nitrogen functional groups attached to an aromatic ring is 2. The molecule has 0 unspecified atom stereocenters. The molecule has 9 aromatic rings. The summed E-state index contributed by atoms with van der Waals surface area (Å²) >= 11 is 19.4. The van der Waals surface area contributed by atoms with E-state index in [9.17, 15) is 5.41 Å². The molecule has 18 nitrogen and oxygen atoms in total. The predicted octanol–water partition coefficient (Wildman–Crippen LogP) is 12.9. The van der Waals surface area contributed by atoms with Crippen molar-refractivity contribution in [1.29, 1.82) is 5.41 Å². The van der Waals surface area contributed by atoms with Crippen molar-refractivity contribution < 1.29 is 0 Å². The van der Waals surface area contributed by atoms with E-state index >= 15 is 0 Å². The zero-order chi connectivity index (χ0) is 47.9. The fourth-order valence-electron chi connectivity index (χ4n) is 6.60. The summed E-state index contributed by atoms with van der Waals surface area (Å²) in [6.07, 6.45) is 0. The first-order chi connectivity index (χ1) is 33.6. The lowest BCUT2D eigenvalue weighted by atomic mass is 10.1. The van der Waals surface area contributed by atoms with E-state index in [1.165, 1.54) is 9.36 Å². The van der Waals surface area contributed by atoms with Crippen molar-refractivity contribution in [3.05, 3.63) is 196 Å². The number of anilines is 3. The fourth-order valence-corrected chi connectivity index (χ4v) is 7.12. The van der Waals surface area contributed by atoms with E-state index in [0.717, 1.165) is 0 Å². The van der Waals surface area contributed by atoms with Crippen molar-refractivity contribution in [3.63, 3.8) is 0 Å². The third kappa shape index (κ3) is 9.93. The normalized spacial score (nSPS) is 12.0. The number of aromatic nitrogens is 7. The summed E-state index contributed by atoms with van der Waals surface area (Å²) in [5.74, 6) is -0.658. The summed E-state index contributed by atoms with van der Waals surface area (Å²) < 4.78 is 2.53. The number of hydrogen-bond donors (Lipinski definition) is 5. The predicted molar refractivity (Wildman–Crippen MR) is 269 cm³/mol. The molecule has 69 heavy (non-hydrogen) atoms. The molecule has 0 fully saturated rings. The number of nitrogens with one attached hydrogen (secondary N) is 2. The van der Waals surface area contributed by atoms with Crippen molar-refractivity contribution in [2.45, 2.75) is 0 Å². The number of allylic oxidation sites excluding steroid dienone is 1. The van der Waals surface area contributed by atoms with Gasteiger partial charge in [0.2, 0.25) is 5.95 Å². The van der Waals surface area contributed by atoms with Gasteiger partial charge in [0.25, 0.3) is 11.9 Å². The number of azo groups is 3. The number of halogens is 3. The number of nitrogens with zero attached hydrogens (tertiary/aromatic N) is 13. The van der Waals surface area contributed by atoms with Crippen LogP contribution in [0.3, 0.4) is 0 Å². The molecule has 0 atom stereocenters. The second-order valence-electron chi connectivity index (χ2n) is 14.6. The van der Waals surface area contributed by atoms with E-state index in [2.05, 4.69) is 36.0 Å². The molecule has 21 heteroatoms. The molecular weight excluding hydrogens is 935 g/mol. The Hall–Kier alpha value is -8.97. The van der Waals surface area contributed by atoms with Gasteiger partial charge < -0.3 is 22.5 Å². The maximum absolute atomic E-state index is 9.22. The van der Waals surface area contributed by atoms with E-state index in [1.807, 2.05) is 66.7 Å². The van der Waals surface area contributed by atoms with Gasteiger partial charge in [-0.25, -0.2) is 0 Å². The van der Waals surface area contributed by atoms with Crippen molar-refractivity contribution in [1.82, 2.24) is 34.5 Å². The van der Waals surface area contributed by atoms with Gasteiger partial charge in [-0.2, -0.15) is 34.5 Å².